The molecule has 39 heavy (non-hydrogen) atoms. The van der Waals surface area contributed by atoms with Crippen LogP contribution >= 0.6 is 0 Å². The molecule has 0 bridgehead atoms. The summed E-state index contributed by atoms with van der Waals surface area (Å²) in [7, 11) is 0. The Labute approximate surface area is 221 Å². The molecule has 0 aliphatic heterocycles. The zero-order valence-electron chi connectivity index (χ0n) is 21.1. The highest BCUT2D eigenvalue weighted by Gasteiger charge is 2.40. The first kappa shape index (κ1) is 27.2. The van der Waals surface area contributed by atoms with Gasteiger partial charge in [0.05, 0.1) is 5.39 Å². The topological polar surface area (TPSA) is 89.5 Å². The predicted molar refractivity (Wildman–Crippen MR) is 138 cm³/mol. The fourth-order valence-corrected chi connectivity index (χ4v) is 3.65. The van der Waals surface area contributed by atoms with Crippen molar-refractivity contribution >= 4 is 23.0 Å². The van der Waals surface area contributed by atoms with Gasteiger partial charge in [-0.3, -0.25) is 4.79 Å². The molecule has 4 aromatic rings. The molecule has 0 saturated heterocycles. The van der Waals surface area contributed by atoms with Crippen LogP contribution in [0.15, 0.2) is 87.6 Å². The number of nitrogens with zero attached hydrogens (tertiary/aromatic N) is 1. The summed E-state index contributed by atoms with van der Waals surface area (Å²) in [6.45, 7) is 5.94. The van der Waals surface area contributed by atoms with E-state index in [9.17, 15) is 28.0 Å². The minimum absolute atomic E-state index is 0.0277. The number of fused-ring (bicyclic) bond motifs is 1. The van der Waals surface area contributed by atoms with Crippen LogP contribution in [0.3, 0.4) is 0 Å². The quantitative estimate of drug-likeness (QED) is 0.115. The summed E-state index contributed by atoms with van der Waals surface area (Å²) < 4.78 is 57.4. The molecule has 1 aromatic heterocycles. The first-order chi connectivity index (χ1) is 18.4. The lowest BCUT2D eigenvalue weighted by atomic mass is 9.87. The fraction of sp³-hybridized carbons (Fsp3) is 0.167. The third kappa shape index (κ3) is 6.18. The van der Waals surface area contributed by atoms with E-state index in [0.717, 1.165) is 17.7 Å². The highest BCUT2D eigenvalue weighted by atomic mass is 19.4. The van der Waals surface area contributed by atoms with Crippen LogP contribution in [0.5, 0.6) is 17.2 Å². The summed E-state index contributed by atoms with van der Waals surface area (Å²) in [6, 6.07) is 20.0. The summed E-state index contributed by atoms with van der Waals surface area (Å²) >= 11 is 0. The average molecular weight is 534 g/mol. The number of alkyl halides is 3. The number of hydrogen-bond acceptors (Lipinski definition) is 6. The van der Waals surface area contributed by atoms with Gasteiger partial charge < -0.3 is 13.9 Å². The smallest absolute Gasteiger partial charge is 0.449 e. The van der Waals surface area contributed by atoms with Crippen molar-refractivity contribution in [3.8, 4) is 23.3 Å². The van der Waals surface area contributed by atoms with Crippen molar-refractivity contribution < 1.29 is 31.9 Å². The molecule has 0 aliphatic carbocycles. The van der Waals surface area contributed by atoms with Crippen molar-refractivity contribution in [3.05, 3.63) is 105 Å². The van der Waals surface area contributed by atoms with Crippen molar-refractivity contribution in [1.82, 2.24) is 0 Å². The Morgan fingerprint density at radius 1 is 0.949 bits per heavy atom. The van der Waals surface area contributed by atoms with Gasteiger partial charge in [0.1, 0.15) is 28.7 Å². The second-order valence-electron chi connectivity index (χ2n) is 9.59. The number of nitriles is 1. The number of rotatable bonds is 5. The number of carbonyl (C=O) groups is 1. The lowest BCUT2D eigenvalue weighted by Crippen LogP contribution is -2.16. The average Bonchev–Trinajstić information content (AvgIpc) is 2.88. The molecule has 0 spiro atoms. The molecule has 0 N–H and O–H groups in total. The number of hydrogen-bond donors (Lipinski definition) is 0. The lowest BCUT2D eigenvalue weighted by Gasteiger charge is -2.19. The van der Waals surface area contributed by atoms with Gasteiger partial charge in [-0.2, -0.15) is 18.4 Å². The Hall–Kier alpha value is -4.84. The van der Waals surface area contributed by atoms with Crippen LogP contribution in [0, 0.1) is 11.3 Å². The zero-order chi connectivity index (χ0) is 28.4. The molecule has 198 valence electrons. The molecule has 6 nitrogen and oxygen atoms in total. The molecular formula is C30H22F3NO5. The molecule has 0 saturated carbocycles. The van der Waals surface area contributed by atoms with E-state index in [1.165, 1.54) is 24.3 Å². The van der Waals surface area contributed by atoms with Gasteiger partial charge in [-0.05, 0) is 46.9 Å². The number of benzene rings is 3. The van der Waals surface area contributed by atoms with Crippen molar-refractivity contribution in [2.24, 2.45) is 0 Å². The van der Waals surface area contributed by atoms with Gasteiger partial charge >= 0.3 is 12.1 Å². The van der Waals surface area contributed by atoms with E-state index < -0.39 is 34.7 Å². The standard InChI is InChI=1S/C30H22F3NO5/c1-29(2,3)20-9-11-21(12-10-20)37-26-25(35)23-14-13-22(16-24(23)39-27(26)30(31,32)33)38-28(36)19(17-34)15-18-7-5-4-6-8-18/h4-16H,1-3H3/b19-15+. The Balaban J connectivity index is 1.69. The van der Waals surface area contributed by atoms with Gasteiger partial charge in [0, 0.05) is 6.07 Å². The van der Waals surface area contributed by atoms with E-state index in [4.69, 9.17) is 13.9 Å². The minimum Gasteiger partial charge on any atom is -0.449 e. The van der Waals surface area contributed by atoms with Crippen LogP contribution in [0.1, 0.15) is 37.7 Å². The second kappa shape index (κ2) is 10.5. The third-order valence-corrected chi connectivity index (χ3v) is 5.68. The van der Waals surface area contributed by atoms with Crippen LogP contribution in [-0.4, -0.2) is 5.97 Å². The molecule has 0 fully saturated rings. The SMILES string of the molecule is CC(C)(C)c1ccc(Oc2c(C(F)(F)F)oc3cc(OC(=O)/C(C#N)=C/c4ccccc4)ccc3c2=O)cc1. The Morgan fingerprint density at radius 3 is 2.18 bits per heavy atom. The fourth-order valence-electron chi connectivity index (χ4n) is 3.65. The van der Waals surface area contributed by atoms with Gasteiger partial charge in [0.15, 0.2) is 0 Å². The second-order valence-corrected chi connectivity index (χ2v) is 9.59. The zero-order valence-corrected chi connectivity index (χ0v) is 21.1. The summed E-state index contributed by atoms with van der Waals surface area (Å²) in [5, 5.41) is 9.14. The third-order valence-electron chi connectivity index (χ3n) is 5.68. The predicted octanol–water partition coefficient (Wildman–Crippen LogP) is 7.41. The van der Waals surface area contributed by atoms with Crippen LogP contribution in [0.25, 0.3) is 17.0 Å². The van der Waals surface area contributed by atoms with Gasteiger partial charge in [0.25, 0.3) is 5.76 Å². The first-order valence-electron chi connectivity index (χ1n) is 11.7. The Kier molecular flexibility index (Phi) is 7.32. The van der Waals surface area contributed by atoms with E-state index in [1.807, 2.05) is 20.8 Å². The molecule has 4 rings (SSSR count). The van der Waals surface area contributed by atoms with E-state index in [-0.39, 0.29) is 27.9 Å². The monoisotopic (exact) mass is 533 g/mol. The Bertz CT molecular complexity index is 1660. The minimum atomic E-state index is -5.06. The molecule has 0 amide bonds. The largest absolute Gasteiger partial charge is 0.453 e. The number of esters is 1. The molecule has 1 heterocycles. The van der Waals surface area contributed by atoms with Crippen LogP contribution in [0.4, 0.5) is 13.2 Å². The summed E-state index contributed by atoms with van der Waals surface area (Å²) in [5.41, 5.74) is -0.548. The molecule has 3 aromatic carbocycles. The summed E-state index contributed by atoms with van der Waals surface area (Å²) in [6.07, 6.45) is -3.75. The number of ether oxygens (including phenoxy) is 2. The van der Waals surface area contributed by atoms with Gasteiger partial charge in [-0.25, -0.2) is 4.79 Å². The van der Waals surface area contributed by atoms with E-state index in [2.05, 4.69) is 0 Å². The van der Waals surface area contributed by atoms with Crippen molar-refractivity contribution in [2.75, 3.05) is 0 Å². The molecule has 0 radical (unpaired) electrons. The normalized spacial score (nSPS) is 12.2. The summed E-state index contributed by atoms with van der Waals surface area (Å²) in [5.74, 6) is -3.87. The van der Waals surface area contributed by atoms with E-state index in [1.54, 1.807) is 48.5 Å². The van der Waals surface area contributed by atoms with Gasteiger partial charge in [0.2, 0.25) is 11.2 Å². The van der Waals surface area contributed by atoms with Crippen LogP contribution < -0.4 is 14.9 Å². The van der Waals surface area contributed by atoms with Crippen molar-refractivity contribution in [3.63, 3.8) is 0 Å². The summed E-state index contributed by atoms with van der Waals surface area (Å²) in [4.78, 5) is 25.6. The highest BCUT2D eigenvalue weighted by molar-refractivity contribution is 5.99. The maximum absolute atomic E-state index is 13.9. The number of carbonyl (C=O) groups excluding carboxylic acids is 1. The molecule has 9 heteroatoms. The highest BCUT2D eigenvalue weighted by Crippen LogP contribution is 2.39. The van der Waals surface area contributed by atoms with Crippen LogP contribution in [-0.2, 0) is 16.4 Å². The van der Waals surface area contributed by atoms with Crippen molar-refractivity contribution in [2.45, 2.75) is 32.4 Å². The molecule has 0 unspecified atom stereocenters. The van der Waals surface area contributed by atoms with Gasteiger partial charge in [-0.1, -0.05) is 63.2 Å². The maximum atomic E-state index is 13.9. The molecule has 0 atom stereocenters. The van der Waals surface area contributed by atoms with E-state index in [0.29, 0.717) is 5.56 Å². The van der Waals surface area contributed by atoms with Gasteiger partial charge in [-0.15, -0.1) is 0 Å². The maximum Gasteiger partial charge on any atom is 0.453 e. The lowest BCUT2D eigenvalue weighted by molar-refractivity contribution is -0.154. The molecular weight excluding hydrogens is 511 g/mol. The Morgan fingerprint density at radius 2 is 1.59 bits per heavy atom. The van der Waals surface area contributed by atoms with E-state index >= 15 is 0 Å². The first-order valence-corrected chi connectivity index (χ1v) is 11.7. The molecule has 0 aliphatic rings. The number of halogens is 3. The van der Waals surface area contributed by atoms with Crippen LogP contribution in [0.2, 0.25) is 0 Å². The van der Waals surface area contributed by atoms with Crippen molar-refractivity contribution in [1.29, 1.82) is 5.26 Å².